The normalized spacial score (nSPS) is 21.6. The summed E-state index contributed by atoms with van der Waals surface area (Å²) in [6.45, 7) is 30.1. The van der Waals surface area contributed by atoms with Crippen LogP contribution in [0.3, 0.4) is 0 Å². The second-order valence-corrected chi connectivity index (χ2v) is 41.2. The van der Waals surface area contributed by atoms with Crippen LogP contribution in [0, 0.1) is 21.7 Å². The quantitative estimate of drug-likeness (QED) is 0.0261. The molecule has 34 nitrogen and oxygen atoms in total. The van der Waals surface area contributed by atoms with E-state index in [1.165, 1.54) is 28.4 Å². The van der Waals surface area contributed by atoms with Crippen molar-refractivity contribution in [2.45, 2.75) is 233 Å². The average Bonchev–Trinajstić information content (AvgIpc) is 1.63. The Kier molecular flexibility index (Phi) is 33.3. The van der Waals surface area contributed by atoms with Crippen molar-refractivity contribution in [2.24, 2.45) is 21.7 Å². The Morgan fingerprint density at radius 2 is 0.471 bits per heavy atom. The van der Waals surface area contributed by atoms with Gasteiger partial charge in [0.15, 0.2) is 0 Å². The topological polar surface area (TPSA) is 382 Å². The Hall–Kier alpha value is -12.7. The van der Waals surface area contributed by atoms with Crippen molar-refractivity contribution in [3.8, 4) is 0 Å². The number of amides is 12. The first-order valence-electron chi connectivity index (χ1n) is 48.4. The highest BCUT2D eigenvalue weighted by atomic mass is 16.6. The monoisotopic (exact) mass is 1900 g/mol. The lowest BCUT2D eigenvalue weighted by Gasteiger charge is -2.35. The van der Waals surface area contributed by atoms with Crippen molar-refractivity contribution in [2.75, 3.05) is 148 Å². The number of alkyl carbamates (subject to hydrolysis) is 4. The molecule has 8 aliphatic rings. The van der Waals surface area contributed by atoms with Gasteiger partial charge in [-0.05, 0) is 218 Å². The number of nitrogens with zero attached hydrogens (tertiary/aromatic N) is 8. The maximum atomic E-state index is 13.8. The van der Waals surface area contributed by atoms with Crippen LogP contribution in [-0.2, 0) is 66.8 Å². The fourth-order valence-electron chi connectivity index (χ4n) is 20.2. The van der Waals surface area contributed by atoms with E-state index in [-0.39, 0.29) is 71.4 Å². The zero-order chi connectivity index (χ0) is 99.2. The lowest BCUT2D eigenvalue weighted by atomic mass is 9.85. The summed E-state index contributed by atoms with van der Waals surface area (Å²) in [5.74, 6) is -2.40. The van der Waals surface area contributed by atoms with E-state index in [2.05, 4.69) is 159 Å². The molecule has 12 amide bonds. The highest BCUT2D eigenvalue weighted by Gasteiger charge is 2.49. The fraction of sp³-hybridized carbons (Fsp3) is 0.538. The summed E-state index contributed by atoms with van der Waals surface area (Å²) >= 11 is 0. The largest absolute Gasteiger partial charge is 0.453 e. The van der Waals surface area contributed by atoms with Crippen LogP contribution < -0.4 is 62.1 Å². The molecule has 8 aliphatic heterocycles. The number of carbonyl (C=O) groups is 12. The van der Waals surface area contributed by atoms with E-state index in [9.17, 15) is 57.5 Å². The van der Waals surface area contributed by atoms with Crippen LogP contribution in [0.4, 0.5) is 64.7 Å². The molecule has 744 valence electrons. The summed E-state index contributed by atoms with van der Waals surface area (Å²) in [5.41, 5.74) is 8.77. The lowest BCUT2D eigenvalue weighted by molar-refractivity contribution is -0.140. The number of benzene rings is 6. The van der Waals surface area contributed by atoms with Gasteiger partial charge in [-0.25, -0.2) is 19.2 Å². The van der Waals surface area contributed by atoms with E-state index in [0.717, 1.165) is 96.9 Å². The van der Waals surface area contributed by atoms with Crippen molar-refractivity contribution in [1.29, 1.82) is 0 Å². The molecule has 0 aromatic heterocycles. The van der Waals surface area contributed by atoms with Crippen molar-refractivity contribution in [1.82, 2.24) is 40.9 Å². The predicted molar refractivity (Wildman–Crippen MR) is 528 cm³/mol. The van der Waals surface area contributed by atoms with E-state index >= 15 is 0 Å². The first-order valence-corrected chi connectivity index (χ1v) is 48.4. The Bertz CT molecular complexity index is 4670. The summed E-state index contributed by atoms with van der Waals surface area (Å²) in [5, 5.41) is 22.9. The molecule has 8 heterocycles. The molecule has 8 N–H and O–H groups in total. The zero-order valence-corrected chi connectivity index (χ0v) is 82.7. The number of rotatable bonds is 24. The van der Waals surface area contributed by atoms with Crippen LogP contribution in [0.25, 0.3) is 0 Å². The number of ether oxygens (including phenoxy) is 6. The van der Waals surface area contributed by atoms with Crippen molar-refractivity contribution >= 4 is 117 Å². The van der Waals surface area contributed by atoms with Gasteiger partial charge in [0, 0.05) is 97.9 Å². The molecule has 14 rings (SSSR count). The van der Waals surface area contributed by atoms with E-state index in [1.54, 1.807) is 19.6 Å². The van der Waals surface area contributed by atoms with Crippen molar-refractivity contribution < 1.29 is 86.0 Å². The van der Waals surface area contributed by atoms with Crippen LogP contribution in [0.15, 0.2) is 146 Å². The summed E-state index contributed by atoms with van der Waals surface area (Å²) in [6, 6.07) is 42.9. The van der Waals surface area contributed by atoms with Gasteiger partial charge >= 0.3 is 24.4 Å². The molecule has 6 aromatic carbocycles. The summed E-state index contributed by atoms with van der Waals surface area (Å²) in [4.78, 5) is 175. The third-order valence-electron chi connectivity index (χ3n) is 27.7. The fourth-order valence-corrected chi connectivity index (χ4v) is 20.2. The molecule has 12 atom stereocenters. The smallest absolute Gasteiger partial charge is 0.407 e. The highest BCUT2D eigenvalue weighted by molar-refractivity contribution is 6.02. The molecule has 6 aromatic rings. The van der Waals surface area contributed by atoms with Gasteiger partial charge < -0.3 is 110 Å². The van der Waals surface area contributed by atoms with Crippen molar-refractivity contribution in [3.05, 3.63) is 168 Å². The molecule has 138 heavy (non-hydrogen) atoms. The second kappa shape index (κ2) is 44.8. The first kappa shape index (κ1) is 103. The number of methoxy groups -OCH3 is 4. The van der Waals surface area contributed by atoms with E-state index in [1.807, 2.05) is 132 Å². The average molecular weight is 1900 g/mol. The molecule has 0 spiro atoms. The maximum Gasteiger partial charge on any atom is 0.407 e. The highest BCUT2D eigenvalue weighted by Crippen LogP contribution is 2.50. The molecular formula is C104H140N16O18. The van der Waals surface area contributed by atoms with Gasteiger partial charge in [-0.2, -0.15) is 0 Å². The Morgan fingerprint density at radius 3 is 0.659 bits per heavy atom. The SMILES string of the molecule is COC(=O)N[C@H](C(=O)N1CCC[C@H]1C(=O)Nc1ccc([C@@H]2CC[C@@H](c3ccc(NC(=O)[C@@H]4CCCN4C(=O)[C@@H](NC(=O)OC)C(C)(C)C)cc3)N2c2ccc(N3CCOCC3)cc2)cc1)C(C)(C)C.COC(=O)N[C@H](C(=O)N1CCC[C@H]1C(=O)Nc1ccc([C@H]2CC[C@H](c3ccc(NC(=O)[C@@H]4CCCN4C(=O)[C@@H](NC(=O)OC)C(C)(C)C)cc3)N2c2ccc(N3CCOCC3)cc2)cc1)C(C)(C)C. The second-order valence-electron chi connectivity index (χ2n) is 41.2. The van der Waals surface area contributed by atoms with Crippen LogP contribution in [-0.4, -0.2) is 247 Å². The van der Waals surface area contributed by atoms with Crippen LogP contribution >= 0.6 is 0 Å². The minimum absolute atomic E-state index is 0.00411. The summed E-state index contributed by atoms with van der Waals surface area (Å²) in [6.07, 6.45) is 5.34. The van der Waals surface area contributed by atoms with Gasteiger partial charge in [0.05, 0.1) is 79.0 Å². The number of carbonyl (C=O) groups excluding carboxylic acids is 12. The number of hydrogen-bond donors (Lipinski definition) is 8. The van der Waals surface area contributed by atoms with Gasteiger partial charge in [-0.15, -0.1) is 0 Å². The third kappa shape index (κ3) is 24.7. The predicted octanol–water partition coefficient (Wildman–Crippen LogP) is 14.0. The van der Waals surface area contributed by atoms with Crippen LogP contribution in [0.1, 0.15) is 207 Å². The minimum Gasteiger partial charge on any atom is -0.453 e. The van der Waals surface area contributed by atoms with E-state index in [0.29, 0.717) is 127 Å². The number of anilines is 8. The molecular weight excluding hydrogens is 1760 g/mol. The van der Waals surface area contributed by atoms with Crippen LogP contribution in [0.2, 0.25) is 0 Å². The molecule has 0 aliphatic carbocycles. The number of likely N-dealkylation sites (tertiary alicyclic amines) is 4. The molecule has 0 saturated carbocycles. The molecule has 0 bridgehead atoms. The van der Waals surface area contributed by atoms with E-state index < -0.39 is 94.4 Å². The number of morpholine rings is 2. The van der Waals surface area contributed by atoms with E-state index in [4.69, 9.17) is 28.4 Å². The molecule has 0 unspecified atom stereocenters. The molecule has 8 saturated heterocycles. The summed E-state index contributed by atoms with van der Waals surface area (Å²) < 4.78 is 30.4. The number of nitrogens with one attached hydrogen (secondary N) is 8. The van der Waals surface area contributed by atoms with Gasteiger partial charge in [-0.3, -0.25) is 38.4 Å². The first-order chi connectivity index (χ1) is 65.7. The van der Waals surface area contributed by atoms with Gasteiger partial charge in [-0.1, -0.05) is 132 Å². The molecule has 8 fully saturated rings. The van der Waals surface area contributed by atoms with Gasteiger partial charge in [0.25, 0.3) is 0 Å². The zero-order valence-electron chi connectivity index (χ0n) is 82.7. The van der Waals surface area contributed by atoms with Gasteiger partial charge in [0.1, 0.15) is 48.3 Å². The summed E-state index contributed by atoms with van der Waals surface area (Å²) in [7, 11) is 5.01. The third-order valence-corrected chi connectivity index (χ3v) is 27.7. The standard InChI is InChI=1S/2C52H70N8O9/c2*1-51(2,3)43(55-49(65)67-7)47(63)58-27-9-11-41(58)45(61)53-35-17-13-33(14-18-35)39-25-26-40(60(39)38-23-21-37(22-24-38)57-29-31-69-32-30-57)34-15-19-36(20-16-34)54-46(62)42-12-10-28-59(42)48(64)44(52(4,5)6)56-50(66)68-8/h2*13-24,39-44H,9-12,25-32H2,1-8H3,(H,53,61)(H,54,62)(H,55,65)(H,56,66)/t39-,40-,41+,42+,43-,44-;39-,40-,41-,42-,43+,44+/m10/s1. The Morgan fingerprint density at radius 1 is 0.275 bits per heavy atom. The minimum atomic E-state index is -0.872. The molecule has 34 heteroatoms. The van der Waals surface area contributed by atoms with Gasteiger partial charge in [0.2, 0.25) is 47.3 Å². The Balaban J connectivity index is 0.000000233. The van der Waals surface area contributed by atoms with Crippen molar-refractivity contribution in [3.63, 3.8) is 0 Å². The number of hydrogen-bond acceptors (Lipinski definition) is 22. The lowest BCUT2D eigenvalue weighted by Crippen LogP contribution is -2.57. The Labute approximate surface area is 810 Å². The van der Waals surface area contributed by atoms with Crippen LogP contribution in [0.5, 0.6) is 0 Å². The maximum absolute atomic E-state index is 13.8. The molecule has 0 radical (unpaired) electrons.